The first-order valence-electron chi connectivity index (χ1n) is 13.0. The van der Waals surface area contributed by atoms with Gasteiger partial charge in [0.15, 0.2) is 11.5 Å². The van der Waals surface area contributed by atoms with Crippen LogP contribution in [0, 0.1) is 0 Å². The van der Waals surface area contributed by atoms with Crippen molar-refractivity contribution in [2.75, 3.05) is 12.5 Å². The van der Waals surface area contributed by atoms with E-state index < -0.39 is 10.8 Å². The fourth-order valence-electron chi connectivity index (χ4n) is 3.92. The molecule has 2 N–H and O–H groups in total. The van der Waals surface area contributed by atoms with E-state index in [1.165, 1.54) is 49.4 Å². The Kier molecular flexibility index (Phi) is 15.3. The molecule has 0 fully saturated rings. The van der Waals surface area contributed by atoms with Crippen LogP contribution in [-0.2, 0) is 17.2 Å². The summed E-state index contributed by atoms with van der Waals surface area (Å²) in [5.74, 6) is 2.91. The Bertz CT molecular complexity index is 1100. The van der Waals surface area contributed by atoms with Gasteiger partial charge >= 0.3 is 29.6 Å². The zero-order valence-electron chi connectivity index (χ0n) is 23.7. The maximum atomic E-state index is 12.3. The van der Waals surface area contributed by atoms with Crippen molar-refractivity contribution >= 4 is 22.6 Å². The van der Waals surface area contributed by atoms with Crippen LogP contribution < -0.4 is 39.0 Å². The van der Waals surface area contributed by atoms with Crippen LogP contribution in [0.1, 0.15) is 59.4 Å². The second kappa shape index (κ2) is 17.9. The topological polar surface area (TPSA) is 76.0 Å². The van der Waals surface area contributed by atoms with Crippen LogP contribution in [0.15, 0.2) is 76.5 Å². The Morgan fingerprint density at radius 2 is 1.45 bits per heavy atom. The summed E-state index contributed by atoms with van der Waals surface area (Å²) >= 11 is 1.34. The summed E-state index contributed by atoms with van der Waals surface area (Å²) in [5.41, 5.74) is 1.17. The molecule has 1 aliphatic heterocycles. The number of aromatic hydroxyl groups is 2. The average molecular weight is 567 g/mol. The molecule has 4 rings (SSSR count). The third kappa shape index (κ3) is 10.9. The van der Waals surface area contributed by atoms with Gasteiger partial charge in [0.2, 0.25) is 6.79 Å². The number of hydrogen-bond donors (Lipinski definition) is 2. The molecule has 2 unspecified atom stereocenters. The number of phenols is 2. The fourth-order valence-corrected chi connectivity index (χ4v) is 6.07. The minimum atomic E-state index is -0.743. The standard InChI is InChI=1S/C18H28O3S.C12H10O2S.Na.H/c1-3-4-5-6-7-8-11-22(19)15(2)12-16-9-10-17-18(13-16)21-14-20-17;13-9-5-1-3-7-11(9)15-12-8-4-2-6-10(12)14;;/h9-10,13,15H,3-8,11-12,14H2,1-2H3;1-8,13-14H;;/q;;+1;-1. The van der Waals surface area contributed by atoms with Gasteiger partial charge in [-0.1, -0.05) is 88.0 Å². The minimum Gasteiger partial charge on any atom is -1.00 e. The molecule has 2 atom stereocenters. The third-order valence-electron chi connectivity index (χ3n) is 6.06. The summed E-state index contributed by atoms with van der Waals surface area (Å²) in [5, 5.41) is 19.3. The Hall–Kier alpha value is -1.64. The van der Waals surface area contributed by atoms with Crippen molar-refractivity contribution in [2.45, 2.75) is 73.8 Å². The normalized spacial score (nSPS) is 13.1. The van der Waals surface area contributed by atoms with Crippen LogP contribution in [0.3, 0.4) is 0 Å². The van der Waals surface area contributed by atoms with E-state index in [2.05, 4.69) is 13.8 Å². The molecule has 3 aromatic rings. The van der Waals surface area contributed by atoms with Crippen LogP contribution in [-0.4, -0.2) is 32.2 Å². The smallest absolute Gasteiger partial charge is 1.00 e. The van der Waals surface area contributed by atoms with Crippen LogP contribution in [0.4, 0.5) is 0 Å². The molecule has 0 amide bonds. The van der Waals surface area contributed by atoms with E-state index >= 15 is 0 Å². The predicted octanol–water partition coefficient (Wildman–Crippen LogP) is 4.82. The predicted molar refractivity (Wildman–Crippen MR) is 154 cm³/mol. The Labute approximate surface area is 257 Å². The molecule has 38 heavy (non-hydrogen) atoms. The van der Waals surface area contributed by atoms with Crippen LogP contribution in [0.2, 0.25) is 0 Å². The number of ether oxygens (including phenoxy) is 2. The number of benzene rings is 3. The maximum absolute atomic E-state index is 12.3. The summed E-state index contributed by atoms with van der Waals surface area (Å²) in [6.07, 6.45) is 8.32. The van der Waals surface area contributed by atoms with E-state index in [0.29, 0.717) is 6.79 Å². The first-order valence-corrected chi connectivity index (χ1v) is 15.2. The van der Waals surface area contributed by atoms with Gasteiger partial charge in [-0.25, -0.2) is 0 Å². The number of para-hydroxylation sites is 2. The first-order chi connectivity index (χ1) is 18.0. The van der Waals surface area contributed by atoms with Crippen molar-refractivity contribution in [3.8, 4) is 23.0 Å². The van der Waals surface area contributed by atoms with Gasteiger partial charge in [-0.2, -0.15) is 0 Å². The molecule has 1 aliphatic rings. The maximum Gasteiger partial charge on any atom is 1.00 e. The second-order valence-corrected chi connectivity index (χ2v) is 12.2. The van der Waals surface area contributed by atoms with E-state index in [9.17, 15) is 14.4 Å². The van der Waals surface area contributed by atoms with E-state index in [1.807, 2.05) is 42.5 Å². The molecular formula is C30H39NaO5S2. The molecule has 3 aromatic carbocycles. The first kappa shape index (κ1) is 32.6. The number of hydrogen-bond acceptors (Lipinski definition) is 6. The molecule has 0 saturated carbocycles. The summed E-state index contributed by atoms with van der Waals surface area (Å²) < 4.78 is 23.0. The van der Waals surface area contributed by atoms with Gasteiger partial charge in [0, 0.05) is 21.8 Å². The molecule has 0 aromatic heterocycles. The SMILES string of the molecule is CCCCCCCCS(=O)C(C)Cc1ccc2c(c1)OCO2.Oc1ccccc1Sc1ccccc1O.[H-].[Na+]. The summed E-state index contributed by atoms with van der Waals surface area (Å²) in [6.45, 7) is 4.61. The summed E-state index contributed by atoms with van der Waals surface area (Å²) in [4.78, 5) is 1.47. The van der Waals surface area contributed by atoms with Crippen LogP contribution in [0.5, 0.6) is 23.0 Å². The molecule has 0 saturated heterocycles. The largest absolute Gasteiger partial charge is 1.00 e. The van der Waals surface area contributed by atoms with E-state index in [-0.39, 0.29) is 47.7 Å². The molecule has 0 aliphatic carbocycles. The number of phenolic OH excluding ortho intramolecular Hbond substituents is 2. The van der Waals surface area contributed by atoms with Gasteiger partial charge in [-0.15, -0.1) is 0 Å². The van der Waals surface area contributed by atoms with Gasteiger partial charge in [0.1, 0.15) is 11.5 Å². The Morgan fingerprint density at radius 1 is 0.868 bits per heavy atom. The number of fused-ring (bicyclic) bond motifs is 1. The molecule has 202 valence electrons. The average Bonchev–Trinajstić information content (AvgIpc) is 3.37. The zero-order chi connectivity index (χ0) is 26.5. The van der Waals surface area contributed by atoms with Gasteiger partial charge in [-0.05, 0) is 54.8 Å². The zero-order valence-corrected chi connectivity index (χ0v) is 26.4. The summed E-state index contributed by atoms with van der Waals surface area (Å²) in [7, 11) is -0.743. The van der Waals surface area contributed by atoms with Gasteiger partial charge in [0.05, 0.1) is 9.79 Å². The molecule has 0 spiro atoms. The van der Waals surface area contributed by atoms with Crippen molar-refractivity contribution < 1.29 is 54.9 Å². The molecule has 0 radical (unpaired) electrons. The van der Waals surface area contributed by atoms with Crippen molar-refractivity contribution in [3.63, 3.8) is 0 Å². The van der Waals surface area contributed by atoms with Crippen molar-refractivity contribution in [1.29, 1.82) is 0 Å². The van der Waals surface area contributed by atoms with Crippen molar-refractivity contribution in [2.24, 2.45) is 0 Å². The number of unbranched alkanes of at least 4 members (excludes halogenated alkanes) is 5. The van der Waals surface area contributed by atoms with Gasteiger partial charge < -0.3 is 21.1 Å². The molecule has 0 bridgehead atoms. The van der Waals surface area contributed by atoms with E-state index in [4.69, 9.17) is 9.47 Å². The van der Waals surface area contributed by atoms with E-state index in [1.54, 1.807) is 24.3 Å². The van der Waals surface area contributed by atoms with Crippen LogP contribution >= 0.6 is 11.8 Å². The minimum absolute atomic E-state index is 0. The van der Waals surface area contributed by atoms with Gasteiger partial charge in [-0.3, -0.25) is 4.21 Å². The van der Waals surface area contributed by atoms with Crippen LogP contribution in [0.25, 0.3) is 0 Å². The molecule has 1 heterocycles. The molecule has 5 nitrogen and oxygen atoms in total. The molecule has 8 heteroatoms. The molecular weight excluding hydrogens is 527 g/mol. The summed E-state index contributed by atoms with van der Waals surface area (Å²) in [6, 6.07) is 20.1. The Morgan fingerprint density at radius 3 is 2.08 bits per heavy atom. The number of rotatable bonds is 12. The van der Waals surface area contributed by atoms with Gasteiger partial charge in [0.25, 0.3) is 0 Å². The third-order valence-corrected chi connectivity index (χ3v) is 8.94. The second-order valence-electron chi connectivity index (χ2n) is 9.09. The quantitative estimate of drug-likeness (QED) is 0.242. The van der Waals surface area contributed by atoms with E-state index in [0.717, 1.165) is 39.9 Å². The van der Waals surface area contributed by atoms with Crippen molar-refractivity contribution in [3.05, 3.63) is 72.3 Å². The monoisotopic (exact) mass is 566 g/mol. The fraction of sp³-hybridized carbons (Fsp3) is 0.400. The Balaban J connectivity index is 0.000000394. The van der Waals surface area contributed by atoms with Crippen molar-refractivity contribution in [1.82, 2.24) is 0 Å².